The van der Waals surface area contributed by atoms with Crippen LogP contribution in [-0.2, 0) is 9.53 Å². The smallest absolute Gasteiger partial charge is 0.260 e. The average Bonchev–Trinajstić information content (AvgIpc) is 2.81. The molecule has 2 aromatic rings. The fraction of sp³-hybridized carbons (Fsp3) is 0.417. The van der Waals surface area contributed by atoms with E-state index in [1.54, 1.807) is 0 Å². The molecule has 3 saturated heterocycles. The SMILES string of the molecule is O=C(COc1ccccc1)N1CC2(C1)CN(C(=O)c1ccccc1)C[C@@H]1COCCN12. The number of likely N-dealkylation sites (tertiary alicyclic amines) is 1. The number of para-hydroxylation sites is 1. The van der Waals surface area contributed by atoms with Crippen LogP contribution in [0.1, 0.15) is 10.4 Å². The lowest BCUT2D eigenvalue weighted by atomic mass is 9.82. The van der Waals surface area contributed by atoms with E-state index in [0.29, 0.717) is 50.7 Å². The zero-order chi connectivity index (χ0) is 21.3. The lowest BCUT2D eigenvalue weighted by molar-refractivity contribution is -0.173. The van der Waals surface area contributed by atoms with Gasteiger partial charge in [0.2, 0.25) is 0 Å². The maximum atomic E-state index is 13.1. The van der Waals surface area contributed by atoms with Crippen LogP contribution in [-0.4, -0.2) is 90.6 Å². The van der Waals surface area contributed by atoms with Gasteiger partial charge >= 0.3 is 0 Å². The Balaban J connectivity index is 1.27. The molecule has 0 bridgehead atoms. The van der Waals surface area contributed by atoms with Gasteiger partial charge in [-0.15, -0.1) is 0 Å². The highest BCUT2D eigenvalue weighted by atomic mass is 16.5. The minimum absolute atomic E-state index is 0.0224. The molecule has 0 saturated carbocycles. The fourth-order valence-corrected chi connectivity index (χ4v) is 4.99. The summed E-state index contributed by atoms with van der Waals surface area (Å²) in [6.07, 6.45) is 0. The normalized spacial score (nSPS) is 22.5. The van der Waals surface area contributed by atoms with Crippen LogP contribution in [0.15, 0.2) is 60.7 Å². The van der Waals surface area contributed by atoms with Crippen LogP contribution < -0.4 is 4.74 Å². The first-order valence-electron chi connectivity index (χ1n) is 10.8. The Morgan fingerprint density at radius 1 is 0.968 bits per heavy atom. The number of carbonyl (C=O) groups is 2. The summed E-state index contributed by atoms with van der Waals surface area (Å²) in [7, 11) is 0. The van der Waals surface area contributed by atoms with Crippen LogP contribution in [0.2, 0.25) is 0 Å². The molecule has 2 amide bonds. The van der Waals surface area contributed by atoms with Gasteiger partial charge in [-0.3, -0.25) is 14.5 Å². The van der Waals surface area contributed by atoms with Gasteiger partial charge in [0, 0.05) is 38.3 Å². The summed E-state index contributed by atoms with van der Waals surface area (Å²) in [5.41, 5.74) is 0.492. The Bertz CT molecular complexity index is 930. The molecule has 0 aliphatic carbocycles. The maximum Gasteiger partial charge on any atom is 0.260 e. The third kappa shape index (κ3) is 3.91. The van der Waals surface area contributed by atoms with Crippen LogP contribution in [0.4, 0.5) is 0 Å². The van der Waals surface area contributed by atoms with Gasteiger partial charge in [0.25, 0.3) is 11.8 Å². The van der Waals surface area contributed by atoms with Gasteiger partial charge in [0.1, 0.15) is 5.75 Å². The first-order chi connectivity index (χ1) is 15.1. The van der Waals surface area contributed by atoms with Crippen LogP contribution in [0.25, 0.3) is 0 Å². The zero-order valence-electron chi connectivity index (χ0n) is 17.5. The van der Waals surface area contributed by atoms with Crippen LogP contribution in [0, 0.1) is 0 Å². The first-order valence-corrected chi connectivity index (χ1v) is 10.8. The molecular formula is C24H27N3O4. The molecule has 3 aliphatic heterocycles. The minimum atomic E-state index is -0.209. The van der Waals surface area contributed by atoms with Gasteiger partial charge in [0.15, 0.2) is 6.61 Å². The third-order valence-electron chi connectivity index (χ3n) is 6.49. The molecule has 3 heterocycles. The van der Waals surface area contributed by atoms with E-state index in [1.807, 2.05) is 70.5 Å². The molecule has 0 aromatic heterocycles. The van der Waals surface area contributed by atoms with E-state index in [1.165, 1.54) is 0 Å². The lowest BCUT2D eigenvalue weighted by Gasteiger charge is -2.63. The van der Waals surface area contributed by atoms with Crippen molar-refractivity contribution in [1.29, 1.82) is 0 Å². The molecule has 3 aliphatic rings. The minimum Gasteiger partial charge on any atom is -0.484 e. The Morgan fingerprint density at radius 3 is 2.39 bits per heavy atom. The van der Waals surface area contributed by atoms with Crippen molar-refractivity contribution in [3.05, 3.63) is 66.2 Å². The number of hydrogen-bond acceptors (Lipinski definition) is 5. The maximum absolute atomic E-state index is 13.1. The zero-order valence-corrected chi connectivity index (χ0v) is 17.5. The largest absolute Gasteiger partial charge is 0.484 e. The van der Waals surface area contributed by atoms with Crippen LogP contribution in [0.5, 0.6) is 5.75 Å². The van der Waals surface area contributed by atoms with Crippen molar-refractivity contribution in [1.82, 2.24) is 14.7 Å². The summed E-state index contributed by atoms with van der Waals surface area (Å²) in [6.45, 7) is 4.67. The molecule has 2 aromatic carbocycles. The van der Waals surface area contributed by atoms with Crippen LogP contribution >= 0.6 is 0 Å². The summed E-state index contributed by atoms with van der Waals surface area (Å²) in [5.74, 6) is 0.713. The van der Waals surface area contributed by atoms with Crippen molar-refractivity contribution in [2.45, 2.75) is 11.6 Å². The number of morpholine rings is 1. The fourth-order valence-electron chi connectivity index (χ4n) is 4.99. The van der Waals surface area contributed by atoms with E-state index in [9.17, 15) is 9.59 Å². The monoisotopic (exact) mass is 421 g/mol. The number of ether oxygens (including phenoxy) is 2. The molecule has 1 spiro atoms. The van der Waals surface area contributed by atoms with Gasteiger partial charge in [0.05, 0.1) is 24.8 Å². The van der Waals surface area contributed by atoms with E-state index in [4.69, 9.17) is 9.47 Å². The summed E-state index contributed by atoms with van der Waals surface area (Å²) in [4.78, 5) is 32.1. The number of hydrogen-bond donors (Lipinski definition) is 0. The summed E-state index contributed by atoms with van der Waals surface area (Å²) < 4.78 is 11.4. The number of carbonyl (C=O) groups excluding carboxylic acids is 2. The van der Waals surface area contributed by atoms with E-state index >= 15 is 0 Å². The number of rotatable bonds is 4. The highest BCUT2D eigenvalue weighted by Crippen LogP contribution is 2.36. The van der Waals surface area contributed by atoms with Gasteiger partial charge < -0.3 is 19.3 Å². The topological polar surface area (TPSA) is 62.3 Å². The Kier molecular flexibility index (Phi) is 5.38. The standard InChI is InChI=1S/C24H27N3O4/c28-22(15-31-21-9-5-2-6-10-21)26-17-24(18-26)16-25(13-20-14-30-12-11-27(20)24)23(29)19-7-3-1-4-8-19/h1-10,20H,11-18H2/t20-/m1/s1. The molecule has 162 valence electrons. The lowest BCUT2D eigenvalue weighted by Crippen LogP contribution is -2.81. The summed E-state index contributed by atoms with van der Waals surface area (Å²) in [6, 6.07) is 18.9. The van der Waals surface area contributed by atoms with Gasteiger partial charge in [-0.1, -0.05) is 36.4 Å². The number of nitrogens with zero attached hydrogens (tertiary/aromatic N) is 3. The molecule has 31 heavy (non-hydrogen) atoms. The third-order valence-corrected chi connectivity index (χ3v) is 6.49. The quantitative estimate of drug-likeness (QED) is 0.749. The number of benzene rings is 2. The predicted molar refractivity (Wildman–Crippen MR) is 115 cm³/mol. The highest BCUT2D eigenvalue weighted by Gasteiger charge is 2.56. The number of amides is 2. The second-order valence-corrected chi connectivity index (χ2v) is 8.55. The molecule has 1 atom stereocenters. The molecule has 7 heteroatoms. The van der Waals surface area contributed by atoms with E-state index in [0.717, 1.165) is 6.54 Å². The van der Waals surface area contributed by atoms with Crippen molar-refractivity contribution in [3.63, 3.8) is 0 Å². The number of piperazine rings is 1. The second kappa shape index (κ2) is 8.32. The summed E-state index contributed by atoms with van der Waals surface area (Å²) in [5, 5.41) is 0. The molecule has 3 fully saturated rings. The Labute approximate surface area is 182 Å². The van der Waals surface area contributed by atoms with Crippen molar-refractivity contribution in [2.24, 2.45) is 0 Å². The molecule has 7 nitrogen and oxygen atoms in total. The van der Waals surface area contributed by atoms with Crippen molar-refractivity contribution < 1.29 is 19.1 Å². The van der Waals surface area contributed by atoms with Crippen molar-refractivity contribution >= 4 is 11.8 Å². The molecule has 0 unspecified atom stereocenters. The molecule has 0 radical (unpaired) electrons. The predicted octanol–water partition coefficient (Wildman–Crippen LogP) is 1.50. The average molecular weight is 421 g/mol. The van der Waals surface area contributed by atoms with Gasteiger partial charge in [-0.25, -0.2) is 0 Å². The Morgan fingerprint density at radius 2 is 1.65 bits per heavy atom. The summed E-state index contributed by atoms with van der Waals surface area (Å²) >= 11 is 0. The Hall–Kier alpha value is -2.90. The first kappa shape index (κ1) is 20.0. The van der Waals surface area contributed by atoms with Gasteiger partial charge in [-0.2, -0.15) is 0 Å². The molecule has 5 rings (SSSR count). The molecular weight excluding hydrogens is 394 g/mol. The second-order valence-electron chi connectivity index (χ2n) is 8.55. The molecule has 0 N–H and O–H groups in total. The van der Waals surface area contributed by atoms with Crippen molar-refractivity contribution in [3.8, 4) is 5.75 Å². The van der Waals surface area contributed by atoms with E-state index in [2.05, 4.69) is 4.90 Å². The van der Waals surface area contributed by atoms with Crippen molar-refractivity contribution in [2.75, 3.05) is 52.5 Å². The van der Waals surface area contributed by atoms with E-state index in [-0.39, 0.29) is 30.0 Å². The number of fused-ring (bicyclic) bond motifs is 2. The van der Waals surface area contributed by atoms with Crippen LogP contribution in [0.3, 0.4) is 0 Å². The van der Waals surface area contributed by atoms with Gasteiger partial charge in [-0.05, 0) is 24.3 Å². The highest BCUT2D eigenvalue weighted by molar-refractivity contribution is 5.94. The van der Waals surface area contributed by atoms with E-state index < -0.39 is 0 Å².